The summed E-state index contributed by atoms with van der Waals surface area (Å²) < 4.78 is 0.946. The molecule has 1 saturated heterocycles. The first-order chi connectivity index (χ1) is 11.7. The summed E-state index contributed by atoms with van der Waals surface area (Å²) in [6.45, 7) is 7.87. The van der Waals surface area contributed by atoms with Crippen molar-refractivity contribution in [1.29, 1.82) is 5.26 Å². The van der Waals surface area contributed by atoms with Gasteiger partial charge in [0.15, 0.2) is 0 Å². The lowest BCUT2D eigenvalue weighted by Gasteiger charge is -2.39. The van der Waals surface area contributed by atoms with E-state index in [9.17, 15) is 10.1 Å². The van der Waals surface area contributed by atoms with E-state index in [1.54, 1.807) is 6.20 Å². The van der Waals surface area contributed by atoms with E-state index in [4.69, 9.17) is 0 Å². The van der Waals surface area contributed by atoms with Crippen LogP contribution in [0.1, 0.15) is 40.0 Å². The molecule has 2 fully saturated rings. The van der Waals surface area contributed by atoms with Crippen LogP contribution in [0.15, 0.2) is 40.5 Å². The average Bonchev–Trinajstić information content (AvgIpc) is 2.75. The molecule has 0 radical (unpaired) electrons. The van der Waals surface area contributed by atoms with Gasteiger partial charge in [0.05, 0.1) is 0 Å². The molecule has 5 heteroatoms. The second-order valence-electron chi connectivity index (χ2n) is 8.50. The van der Waals surface area contributed by atoms with Crippen molar-refractivity contribution in [3.63, 3.8) is 0 Å². The fourth-order valence-corrected chi connectivity index (χ4v) is 4.95. The first-order valence-electron chi connectivity index (χ1n) is 8.64. The number of fused-ring (bicyclic) bond motifs is 2. The molecule has 1 aliphatic carbocycles. The maximum Gasteiger partial charge on any atom is 0.267 e. The highest BCUT2D eigenvalue weighted by atomic mass is 79.9. The minimum Gasteiger partial charge on any atom is -0.373 e. The Labute approximate surface area is 158 Å². The molecule has 1 aromatic rings. The molecule has 0 aromatic heterocycles. The highest BCUT2D eigenvalue weighted by molar-refractivity contribution is 9.10. The summed E-state index contributed by atoms with van der Waals surface area (Å²) in [5.74, 6) is -0.351. The Balaban J connectivity index is 1.76. The van der Waals surface area contributed by atoms with E-state index in [1.165, 1.54) is 6.42 Å². The van der Waals surface area contributed by atoms with Gasteiger partial charge in [-0.3, -0.25) is 4.79 Å². The van der Waals surface area contributed by atoms with E-state index in [2.05, 4.69) is 53.0 Å². The number of nitrogens with one attached hydrogen (secondary N) is 1. The Morgan fingerprint density at radius 3 is 2.64 bits per heavy atom. The zero-order valence-electron chi connectivity index (χ0n) is 15.0. The quantitative estimate of drug-likeness (QED) is 0.589. The smallest absolute Gasteiger partial charge is 0.267 e. The number of hydrogen-bond acceptors (Lipinski definition) is 3. The lowest BCUT2D eigenvalue weighted by atomic mass is 9.65. The van der Waals surface area contributed by atoms with Gasteiger partial charge in [0, 0.05) is 28.9 Å². The van der Waals surface area contributed by atoms with E-state index >= 15 is 0 Å². The molecule has 1 heterocycles. The van der Waals surface area contributed by atoms with Crippen molar-refractivity contribution in [3.05, 3.63) is 40.5 Å². The lowest BCUT2D eigenvalue weighted by molar-refractivity contribution is -0.112. The Kier molecular flexibility index (Phi) is 4.68. The molecule has 2 atom stereocenters. The second-order valence-corrected chi connectivity index (χ2v) is 9.42. The van der Waals surface area contributed by atoms with Crippen LogP contribution in [0.5, 0.6) is 0 Å². The van der Waals surface area contributed by atoms with Crippen molar-refractivity contribution in [2.75, 3.05) is 11.9 Å². The van der Waals surface area contributed by atoms with Gasteiger partial charge in [-0.1, -0.05) is 36.7 Å². The summed E-state index contributed by atoms with van der Waals surface area (Å²) in [4.78, 5) is 14.7. The molecule has 1 aromatic carbocycles. The van der Waals surface area contributed by atoms with Gasteiger partial charge in [0.2, 0.25) is 0 Å². The highest BCUT2D eigenvalue weighted by Gasteiger charge is 2.48. The molecule has 2 aliphatic rings. The number of nitrogens with zero attached hydrogens (tertiary/aromatic N) is 2. The van der Waals surface area contributed by atoms with Crippen LogP contribution in [-0.2, 0) is 4.79 Å². The Morgan fingerprint density at radius 1 is 1.32 bits per heavy atom. The number of anilines is 1. The predicted molar refractivity (Wildman–Crippen MR) is 103 cm³/mol. The van der Waals surface area contributed by atoms with E-state index in [1.807, 2.05) is 24.3 Å². The molecular weight excluding hydrogens is 378 g/mol. The van der Waals surface area contributed by atoms with Gasteiger partial charge in [0.1, 0.15) is 11.6 Å². The zero-order valence-corrected chi connectivity index (χ0v) is 16.6. The Morgan fingerprint density at radius 2 is 2.00 bits per heavy atom. The molecular formula is C20H24BrN3O. The SMILES string of the molecule is CC1(C)CC2CC(C)(CN2/C=C(/C#N)C(=O)Nc2ccc(Br)cc2)C1. The molecule has 1 amide bonds. The number of likely N-dealkylation sites (tertiary alicyclic amines) is 1. The summed E-state index contributed by atoms with van der Waals surface area (Å²) in [5.41, 5.74) is 1.43. The molecule has 132 valence electrons. The Bertz CT molecular complexity index is 747. The molecule has 1 saturated carbocycles. The number of amides is 1. The van der Waals surface area contributed by atoms with Crippen LogP contribution in [0.25, 0.3) is 0 Å². The van der Waals surface area contributed by atoms with Crippen LogP contribution < -0.4 is 5.32 Å². The third kappa shape index (κ3) is 4.07. The van der Waals surface area contributed by atoms with Crippen LogP contribution in [0.3, 0.4) is 0 Å². The number of nitriles is 1. The van der Waals surface area contributed by atoms with Gasteiger partial charge in [-0.05, 0) is 54.4 Å². The van der Waals surface area contributed by atoms with Crippen LogP contribution >= 0.6 is 15.9 Å². The topological polar surface area (TPSA) is 56.1 Å². The summed E-state index contributed by atoms with van der Waals surface area (Å²) in [5, 5.41) is 12.3. The highest BCUT2D eigenvalue weighted by Crippen LogP contribution is 2.52. The summed E-state index contributed by atoms with van der Waals surface area (Å²) in [6.07, 6.45) is 5.20. The minimum atomic E-state index is -0.351. The monoisotopic (exact) mass is 401 g/mol. The van der Waals surface area contributed by atoms with Gasteiger partial charge >= 0.3 is 0 Å². The summed E-state index contributed by atoms with van der Waals surface area (Å²) in [6, 6.07) is 9.82. The van der Waals surface area contributed by atoms with E-state index in [0.29, 0.717) is 17.1 Å². The molecule has 4 nitrogen and oxygen atoms in total. The largest absolute Gasteiger partial charge is 0.373 e. The van der Waals surface area contributed by atoms with Crippen molar-refractivity contribution in [1.82, 2.24) is 4.90 Å². The standard InChI is InChI=1S/C20H24BrN3O/c1-19(2)8-17-9-20(3,12-19)13-24(17)11-14(10-22)18(25)23-16-6-4-15(21)5-7-16/h4-7,11,17H,8-9,12-13H2,1-3H3,(H,23,25)/b14-11-. The van der Waals surface area contributed by atoms with E-state index < -0.39 is 0 Å². The van der Waals surface area contributed by atoms with Crippen molar-refractivity contribution in [2.45, 2.75) is 46.1 Å². The number of carbonyl (C=O) groups excluding carboxylic acids is 1. The maximum atomic E-state index is 12.5. The average molecular weight is 402 g/mol. The van der Waals surface area contributed by atoms with Crippen molar-refractivity contribution < 1.29 is 4.79 Å². The molecule has 2 bridgehead atoms. The summed E-state index contributed by atoms with van der Waals surface area (Å²) >= 11 is 3.37. The normalized spacial score (nSPS) is 27.7. The third-order valence-corrected chi connectivity index (χ3v) is 5.75. The first kappa shape index (κ1) is 18.0. The van der Waals surface area contributed by atoms with Crippen LogP contribution in [0.2, 0.25) is 0 Å². The number of hydrogen-bond donors (Lipinski definition) is 1. The van der Waals surface area contributed by atoms with E-state index in [-0.39, 0.29) is 16.9 Å². The first-order valence-corrected chi connectivity index (χ1v) is 9.44. The number of benzene rings is 1. The van der Waals surface area contributed by atoms with Gasteiger partial charge < -0.3 is 10.2 Å². The van der Waals surface area contributed by atoms with Gasteiger partial charge in [-0.2, -0.15) is 5.26 Å². The number of carbonyl (C=O) groups is 1. The molecule has 25 heavy (non-hydrogen) atoms. The number of rotatable bonds is 3. The molecule has 3 rings (SSSR count). The van der Waals surface area contributed by atoms with Gasteiger partial charge in [-0.25, -0.2) is 0 Å². The van der Waals surface area contributed by atoms with Crippen molar-refractivity contribution in [2.24, 2.45) is 10.8 Å². The summed E-state index contributed by atoms with van der Waals surface area (Å²) in [7, 11) is 0. The fraction of sp³-hybridized carbons (Fsp3) is 0.500. The fourth-order valence-electron chi connectivity index (χ4n) is 4.69. The van der Waals surface area contributed by atoms with Crippen LogP contribution in [0, 0.1) is 22.2 Å². The molecule has 0 spiro atoms. The Hall–Kier alpha value is -1.80. The molecule has 1 N–H and O–H groups in total. The van der Waals surface area contributed by atoms with Crippen molar-refractivity contribution in [3.8, 4) is 6.07 Å². The minimum absolute atomic E-state index is 0.164. The van der Waals surface area contributed by atoms with E-state index in [0.717, 1.165) is 23.9 Å². The second kappa shape index (κ2) is 6.49. The van der Waals surface area contributed by atoms with Gasteiger partial charge in [0.25, 0.3) is 5.91 Å². The zero-order chi connectivity index (χ0) is 18.2. The lowest BCUT2D eigenvalue weighted by Crippen LogP contribution is -2.33. The predicted octanol–water partition coefficient (Wildman–Crippen LogP) is 4.70. The number of halogens is 1. The van der Waals surface area contributed by atoms with Crippen LogP contribution in [-0.4, -0.2) is 23.4 Å². The van der Waals surface area contributed by atoms with Crippen molar-refractivity contribution >= 4 is 27.5 Å². The van der Waals surface area contributed by atoms with Crippen LogP contribution in [0.4, 0.5) is 5.69 Å². The molecule has 2 unspecified atom stereocenters. The van der Waals surface area contributed by atoms with Gasteiger partial charge in [-0.15, -0.1) is 0 Å². The maximum absolute atomic E-state index is 12.5. The molecule has 1 aliphatic heterocycles. The third-order valence-electron chi connectivity index (χ3n) is 5.22.